The number of hydrogen-bond acceptors (Lipinski definition) is 3. The van der Waals surface area contributed by atoms with Crippen LogP contribution in [-0.2, 0) is 9.53 Å². The molecule has 0 aromatic heterocycles. The third-order valence-corrected chi connectivity index (χ3v) is 2.96. The lowest BCUT2D eigenvalue weighted by molar-refractivity contribution is -0.152. The molecule has 3 nitrogen and oxygen atoms in total. The summed E-state index contributed by atoms with van der Waals surface area (Å²) in [6.45, 7) is 3.74. The van der Waals surface area contributed by atoms with Crippen molar-refractivity contribution in [3.05, 3.63) is 34.9 Å². The zero-order valence-corrected chi connectivity index (χ0v) is 10.9. The van der Waals surface area contributed by atoms with E-state index in [0.29, 0.717) is 10.6 Å². The first kappa shape index (κ1) is 14.0. The summed E-state index contributed by atoms with van der Waals surface area (Å²) in [5.74, 6) is -1.01. The zero-order chi connectivity index (χ0) is 13.0. The van der Waals surface area contributed by atoms with E-state index in [4.69, 9.17) is 16.3 Å². The smallest absolute Gasteiger partial charge is 0.311 e. The molecule has 1 aromatic carbocycles. The summed E-state index contributed by atoms with van der Waals surface area (Å²) in [6, 6.07) is 6.87. The Morgan fingerprint density at radius 2 is 2.06 bits per heavy atom. The molecular weight excluding hydrogens is 240 g/mol. The number of benzene rings is 1. The van der Waals surface area contributed by atoms with Crippen LogP contribution in [0.25, 0.3) is 0 Å². The highest BCUT2D eigenvalue weighted by molar-refractivity contribution is 6.30. The van der Waals surface area contributed by atoms with Gasteiger partial charge in [0.2, 0.25) is 0 Å². The summed E-state index contributed by atoms with van der Waals surface area (Å²) in [5, 5.41) is 10.8. The van der Waals surface area contributed by atoms with Gasteiger partial charge in [-0.15, -0.1) is 0 Å². The molecule has 1 aromatic rings. The van der Waals surface area contributed by atoms with E-state index in [9.17, 15) is 9.90 Å². The molecule has 0 saturated heterocycles. The number of esters is 1. The fourth-order valence-electron chi connectivity index (χ4n) is 1.80. The van der Waals surface area contributed by atoms with Gasteiger partial charge >= 0.3 is 5.97 Å². The Morgan fingerprint density at radius 1 is 1.41 bits per heavy atom. The van der Waals surface area contributed by atoms with Gasteiger partial charge in [0.05, 0.1) is 19.1 Å². The Labute approximate surface area is 106 Å². The van der Waals surface area contributed by atoms with Crippen molar-refractivity contribution in [2.24, 2.45) is 11.8 Å². The number of rotatable bonds is 4. The summed E-state index contributed by atoms with van der Waals surface area (Å²) < 4.78 is 4.71. The van der Waals surface area contributed by atoms with E-state index in [1.165, 1.54) is 7.11 Å². The molecular formula is C13H17ClO3. The molecule has 0 saturated carbocycles. The Balaban J connectivity index is 2.99. The minimum Gasteiger partial charge on any atom is -0.469 e. The van der Waals surface area contributed by atoms with Crippen LogP contribution in [0.4, 0.5) is 0 Å². The molecule has 0 fully saturated rings. The second-order valence-electron chi connectivity index (χ2n) is 4.29. The Morgan fingerprint density at radius 3 is 2.53 bits per heavy atom. The number of ether oxygens (including phenoxy) is 1. The average Bonchev–Trinajstić information content (AvgIpc) is 2.28. The van der Waals surface area contributed by atoms with E-state index in [0.717, 1.165) is 0 Å². The van der Waals surface area contributed by atoms with Gasteiger partial charge in [-0.05, 0) is 23.6 Å². The van der Waals surface area contributed by atoms with Gasteiger partial charge in [0.25, 0.3) is 0 Å². The molecule has 0 spiro atoms. The lowest BCUT2D eigenvalue weighted by Crippen LogP contribution is -2.28. The molecule has 1 rings (SSSR count). The Bertz CT molecular complexity index is 390. The van der Waals surface area contributed by atoms with Crippen molar-refractivity contribution in [3.63, 3.8) is 0 Å². The molecule has 0 radical (unpaired) electrons. The maximum absolute atomic E-state index is 11.6. The first-order valence-electron chi connectivity index (χ1n) is 5.48. The molecule has 0 aliphatic rings. The maximum atomic E-state index is 11.6. The molecule has 2 atom stereocenters. The van der Waals surface area contributed by atoms with Crippen LogP contribution in [0.15, 0.2) is 24.3 Å². The Kier molecular flexibility index (Phi) is 4.97. The van der Waals surface area contributed by atoms with Gasteiger partial charge in [0.15, 0.2) is 0 Å². The normalized spacial score (nSPS) is 14.5. The van der Waals surface area contributed by atoms with Crippen LogP contribution < -0.4 is 0 Å². The lowest BCUT2D eigenvalue weighted by Gasteiger charge is -2.24. The number of aliphatic hydroxyl groups is 1. The standard InChI is InChI=1S/C13H17ClO3/c1-8(2)11(13(16)17-3)12(15)9-5-4-6-10(14)7-9/h4-8,11-12,15H,1-3H3. The van der Waals surface area contributed by atoms with Gasteiger partial charge in [-0.3, -0.25) is 4.79 Å². The molecule has 1 N–H and O–H groups in total. The van der Waals surface area contributed by atoms with E-state index >= 15 is 0 Å². The van der Waals surface area contributed by atoms with E-state index < -0.39 is 18.0 Å². The van der Waals surface area contributed by atoms with E-state index in [2.05, 4.69) is 0 Å². The van der Waals surface area contributed by atoms with Gasteiger partial charge < -0.3 is 9.84 Å². The molecule has 4 heteroatoms. The highest BCUT2D eigenvalue weighted by Crippen LogP contribution is 2.30. The quantitative estimate of drug-likeness (QED) is 0.843. The predicted octanol–water partition coefficient (Wildman–Crippen LogP) is 2.82. The van der Waals surface area contributed by atoms with Crippen molar-refractivity contribution in [2.75, 3.05) is 7.11 Å². The molecule has 0 bridgehead atoms. The fourth-order valence-corrected chi connectivity index (χ4v) is 2.00. The molecule has 0 aliphatic heterocycles. The van der Waals surface area contributed by atoms with Gasteiger partial charge in [-0.1, -0.05) is 37.6 Å². The number of methoxy groups -OCH3 is 1. The van der Waals surface area contributed by atoms with Crippen molar-refractivity contribution in [1.82, 2.24) is 0 Å². The molecule has 0 aliphatic carbocycles. The van der Waals surface area contributed by atoms with Gasteiger partial charge in [-0.2, -0.15) is 0 Å². The second-order valence-corrected chi connectivity index (χ2v) is 4.73. The molecule has 0 heterocycles. The largest absolute Gasteiger partial charge is 0.469 e. The van der Waals surface area contributed by atoms with Crippen LogP contribution in [0.2, 0.25) is 5.02 Å². The lowest BCUT2D eigenvalue weighted by atomic mass is 9.86. The first-order valence-corrected chi connectivity index (χ1v) is 5.86. The second kappa shape index (κ2) is 6.03. The van der Waals surface area contributed by atoms with Crippen LogP contribution in [0, 0.1) is 11.8 Å². The number of halogens is 1. The number of carbonyl (C=O) groups excluding carboxylic acids is 1. The summed E-state index contributed by atoms with van der Waals surface area (Å²) in [7, 11) is 1.32. The van der Waals surface area contributed by atoms with Crippen LogP contribution in [0.5, 0.6) is 0 Å². The van der Waals surface area contributed by atoms with Gasteiger partial charge in [0.1, 0.15) is 0 Å². The average molecular weight is 257 g/mol. The van der Waals surface area contributed by atoms with Crippen molar-refractivity contribution < 1.29 is 14.6 Å². The van der Waals surface area contributed by atoms with Crippen molar-refractivity contribution in [3.8, 4) is 0 Å². The Hall–Kier alpha value is -1.06. The third kappa shape index (κ3) is 3.45. The molecule has 0 amide bonds. The van der Waals surface area contributed by atoms with E-state index in [1.807, 2.05) is 13.8 Å². The number of aliphatic hydroxyl groups excluding tert-OH is 1. The minimum absolute atomic E-state index is 0.0172. The summed E-state index contributed by atoms with van der Waals surface area (Å²) in [6.07, 6.45) is -0.902. The summed E-state index contributed by atoms with van der Waals surface area (Å²) >= 11 is 5.86. The van der Waals surface area contributed by atoms with Crippen molar-refractivity contribution >= 4 is 17.6 Å². The highest BCUT2D eigenvalue weighted by atomic mass is 35.5. The SMILES string of the molecule is COC(=O)C(C(C)C)C(O)c1cccc(Cl)c1. The van der Waals surface area contributed by atoms with Crippen LogP contribution in [0.3, 0.4) is 0 Å². The zero-order valence-electron chi connectivity index (χ0n) is 10.2. The monoisotopic (exact) mass is 256 g/mol. The van der Waals surface area contributed by atoms with Crippen molar-refractivity contribution in [2.45, 2.75) is 20.0 Å². The summed E-state index contributed by atoms with van der Waals surface area (Å²) in [4.78, 5) is 11.6. The van der Waals surface area contributed by atoms with Gasteiger partial charge in [0, 0.05) is 5.02 Å². The molecule has 17 heavy (non-hydrogen) atoms. The minimum atomic E-state index is -0.902. The maximum Gasteiger partial charge on any atom is 0.311 e. The van der Waals surface area contributed by atoms with Gasteiger partial charge in [-0.25, -0.2) is 0 Å². The third-order valence-electron chi connectivity index (χ3n) is 2.72. The molecule has 94 valence electrons. The fraction of sp³-hybridized carbons (Fsp3) is 0.462. The summed E-state index contributed by atoms with van der Waals surface area (Å²) in [5.41, 5.74) is 0.626. The molecule has 2 unspecified atom stereocenters. The number of carbonyl (C=O) groups is 1. The number of hydrogen-bond donors (Lipinski definition) is 1. The predicted molar refractivity (Wildman–Crippen MR) is 66.8 cm³/mol. The first-order chi connectivity index (χ1) is 7.97. The van der Waals surface area contributed by atoms with Crippen molar-refractivity contribution in [1.29, 1.82) is 0 Å². The van der Waals surface area contributed by atoms with Crippen LogP contribution in [-0.4, -0.2) is 18.2 Å². The highest BCUT2D eigenvalue weighted by Gasteiger charge is 2.31. The van der Waals surface area contributed by atoms with E-state index in [1.54, 1.807) is 24.3 Å². The van der Waals surface area contributed by atoms with E-state index in [-0.39, 0.29) is 5.92 Å². The van der Waals surface area contributed by atoms with Crippen LogP contribution in [0.1, 0.15) is 25.5 Å². The topological polar surface area (TPSA) is 46.5 Å². The van der Waals surface area contributed by atoms with Crippen LogP contribution >= 0.6 is 11.6 Å².